The maximum absolute atomic E-state index is 13.5. The highest BCUT2D eigenvalue weighted by molar-refractivity contribution is 6.04. The number of ether oxygens (including phenoxy) is 3. The summed E-state index contributed by atoms with van der Waals surface area (Å²) >= 11 is 0. The predicted octanol–water partition coefficient (Wildman–Crippen LogP) is 4.96. The molecule has 0 saturated carbocycles. The molecule has 2 aliphatic heterocycles. The standard InChI is InChI=1S/C29H31NO5/c1-19-26(29(32)35-18-21-11-8-16-33-21)27(28-23(30-19)13-7-14-24(28)31)22-12-5-6-15-25(22)34-17-20-9-3-2-4-10-20/h2-6,9-10,12,15,21,27,30H,7-8,11,13-14,16-18H2,1H3/t21-,27-/m1/s1. The number of carbonyl (C=O) groups is 2. The quantitative estimate of drug-likeness (QED) is 0.574. The van der Waals surface area contributed by atoms with E-state index >= 15 is 0 Å². The summed E-state index contributed by atoms with van der Waals surface area (Å²) in [5.41, 5.74) is 4.59. The van der Waals surface area contributed by atoms with E-state index in [1.807, 2.05) is 61.5 Å². The molecule has 0 radical (unpaired) electrons. The van der Waals surface area contributed by atoms with Gasteiger partial charge in [0.05, 0.1) is 17.6 Å². The van der Waals surface area contributed by atoms with Gasteiger partial charge >= 0.3 is 5.97 Å². The van der Waals surface area contributed by atoms with Crippen molar-refractivity contribution in [2.24, 2.45) is 0 Å². The number of hydrogen-bond donors (Lipinski definition) is 1. The zero-order valence-corrected chi connectivity index (χ0v) is 20.0. The van der Waals surface area contributed by atoms with Gasteiger partial charge in [0, 0.05) is 35.6 Å². The molecule has 1 N–H and O–H groups in total. The molecular weight excluding hydrogens is 442 g/mol. The van der Waals surface area contributed by atoms with Gasteiger partial charge < -0.3 is 19.5 Å². The molecule has 0 spiro atoms. The molecule has 0 amide bonds. The first-order valence-electron chi connectivity index (χ1n) is 12.4. The summed E-state index contributed by atoms with van der Waals surface area (Å²) in [4.78, 5) is 26.7. The Morgan fingerprint density at radius 3 is 2.66 bits per heavy atom. The molecule has 0 aromatic heterocycles. The Kier molecular flexibility index (Phi) is 7.00. The summed E-state index contributed by atoms with van der Waals surface area (Å²) in [5.74, 6) is -0.231. The minimum atomic E-state index is -0.539. The first kappa shape index (κ1) is 23.4. The lowest BCUT2D eigenvalue weighted by atomic mass is 9.75. The van der Waals surface area contributed by atoms with Gasteiger partial charge in [-0.25, -0.2) is 4.79 Å². The molecule has 6 nitrogen and oxygen atoms in total. The number of hydrogen-bond acceptors (Lipinski definition) is 6. The normalized spacial score (nSPS) is 22.0. The highest BCUT2D eigenvalue weighted by atomic mass is 16.6. The molecule has 2 aromatic rings. The molecule has 35 heavy (non-hydrogen) atoms. The average molecular weight is 474 g/mol. The summed E-state index contributed by atoms with van der Waals surface area (Å²) < 4.78 is 17.6. The Balaban J connectivity index is 1.50. The lowest BCUT2D eigenvalue weighted by molar-refractivity contribution is -0.142. The molecule has 2 atom stereocenters. The number of nitrogens with one attached hydrogen (secondary N) is 1. The minimum absolute atomic E-state index is 0.0672. The second-order valence-electron chi connectivity index (χ2n) is 9.31. The van der Waals surface area contributed by atoms with Gasteiger partial charge in [-0.3, -0.25) is 4.79 Å². The Morgan fingerprint density at radius 2 is 1.86 bits per heavy atom. The zero-order chi connectivity index (χ0) is 24.2. The summed E-state index contributed by atoms with van der Waals surface area (Å²) in [6, 6.07) is 17.6. The van der Waals surface area contributed by atoms with Crippen LogP contribution in [0.1, 0.15) is 56.1 Å². The van der Waals surface area contributed by atoms with Gasteiger partial charge in [0.15, 0.2) is 5.78 Å². The van der Waals surface area contributed by atoms with Gasteiger partial charge in [0.2, 0.25) is 0 Å². The van der Waals surface area contributed by atoms with Crippen molar-refractivity contribution in [2.75, 3.05) is 13.2 Å². The number of esters is 1. The second kappa shape index (κ2) is 10.5. The van der Waals surface area contributed by atoms with Crippen LogP contribution in [0.25, 0.3) is 0 Å². The Bertz CT molecular complexity index is 1160. The number of allylic oxidation sites excluding steroid dienone is 3. The van der Waals surface area contributed by atoms with Gasteiger partial charge in [0.1, 0.15) is 19.0 Å². The van der Waals surface area contributed by atoms with Crippen LogP contribution in [0.2, 0.25) is 0 Å². The van der Waals surface area contributed by atoms with Crippen molar-refractivity contribution in [1.29, 1.82) is 0 Å². The van der Waals surface area contributed by atoms with Crippen molar-refractivity contribution in [2.45, 2.75) is 57.7 Å². The van der Waals surface area contributed by atoms with E-state index in [1.165, 1.54) is 0 Å². The monoisotopic (exact) mass is 473 g/mol. The van der Waals surface area contributed by atoms with E-state index in [0.29, 0.717) is 36.5 Å². The van der Waals surface area contributed by atoms with Crippen LogP contribution in [0.4, 0.5) is 0 Å². The van der Waals surface area contributed by atoms with Crippen molar-refractivity contribution in [3.05, 3.63) is 88.3 Å². The van der Waals surface area contributed by atoms with Crippen LogP contribution in [0.5, 0.6) is 5.75 Å². The van der Waals surface area contributed by atoms with E-state index in [-0.39, 0.29) is 18.5 Å². The summed E-state index contributed by atoms with van der Waals surface area (Å²) in [6.45, 7) is 3.19. The maximum Gasteiger partial charge on any atom is 0.336 e. The number of carbonyl (C=O) groups excluding carboxylic acids is 2. The molecule has 0 unspecified atom stereocenters. The predicted molar refractivity (Wildman–Crippen MR) is 132 cm³/mol. The molecular formula is C29H31NO5. The van der Waals surface area contributed by atoms with Gasteiger partial charge in [-0.1, -0.05) is 48.5 Å². The summed E-state index contributed by atoms with van der Waals surface area (Å²) in [7, 11) is 0. The van der Waals surface area contributed by atoms with Gasteiger partial charge in [-0.05, 0) is 44.2 Å². The van der Waals surface area contributed by atoms with Crippen LogP contribution in [-0.4, -0.2) is 31.1 Å². The van der Waals surface area contributed by atoms with E-state index in [0.717, 1.165) is 48.2 Å². The Morgan fingerprint density at radius 1 is 1.06 bits per heavy atom. The summed E-state index contributed by atoms with van der Waals surface area (Å²) in [6.07, 6.45) is 3.85. The van der Waals surface area contributed by atoms with Crippen molar-refractivity contribution >= 4 is 11.8 Å². The van der Waals surface area contributed by atoms with Crippen LogP contribution in [0.3, 0.4) is 0 Å². The van der Waals surface area contributed by atoms with Crippen LogP contribution >= 0.6 is 0 Å². The fourth-order valence-electron chi connectivity index (χ4n) is 5.17. The molecule has 2 aromatic carbocycles. The molecule has 1 fully saturated rings. The second-order valence-corrected chi connectivity index (χ2v) is 9.31. The molecule has 182 valence electrons. The maximum atomic E-state index is 13.5. The third kappa shape index (κ3) is 5.03. The van der Waals surface area contributed by atoms with Crippen LogP contribution in [-0.2, 0) is 25.7 Å². The largest absolute Gasteiger partial charge is 0.489 e. The SMILES string of the molecule is CC1=C(C(=O)OC[C@H]2CCCO2)[C@@H](c2ccccc2OCc2ccccc2)C2=C(CCCC2=O)N1. The van der Waals surface area contributed by atoms with E-state index in [9.17, 15) is 9.59 Å². The highest BCUT2D eigenvalue weighted by Crippen LogP contribution is 2.45. The first-order chi connectivity index (χ1) is 17.1. The van der Waals surface area contributed by atoms with E-state index < -0.39 is 11.9 Å². The molecule has 3 aliphatic rings. The number of Topliss-reactive ketones (excluding diaryl/α,β-unsaturated/α-hetero) is 1. The molecule has 1 saturated heterocycles. The van der Waals surface area contributed by atoms with Crippen LogP contribution in [0.15, 0.2) is 77.1 Å². The van der Waals surface area contributed by atoms with Crippen molar-refractivity contribution < 1.29 is 23.8 Å². The minimum Gasteiger partial charge on any atom is -0.489 e. The topological polar surface area (TPSA) is 73.9 Å². The summed E-state index contributed by atoms with van der Waals surface area (Å²) in [5, 5.41) is 3.35. The molecule has 0 bridgehead atoms. The average Bonchev–Trinajstić information content (AvgIpc) is 3.40. The van der Waals surface area contributed by atoms with Crippen molar-refractivity contribution in [3.8, 4) is 5.75 Å². The smallest absolute Gasteiger partial charge is 0.336 e. The van der Waals surface area contributed by atoms with Gasteiger partial charge in [-0.2, -0.15) is 0 Å². The molecule has 5 rings (SSSR count). The van der Waals surface area contributed by atoms with E-state index in [2.05, 4.69) is 5.32 Å². The highest BCUT2D eigenvalue weighted by Gasteiger charge is 2.40. The van der Waals surface area contributed by atoms with E-state index in [1.54, 1.807) is 0 Å². The van der Waals surface area contributed by atoms with Crippen molar-refractivity contribution in [3.63, 3.8) is 0 Å². The first-order valence-corrected chi connectivity index (χ1v) is 12.4. The number of rotatable bonds is 7. The van der Waals surface area contributed by atoms with Crippen LogP contribution < -0.4 is 10.1 Å². The zero-order valence-electron chi connectivity index (χ0n) is 20.0. The Hall–Kier alpha value is -3.38. The lowest BCUT2D eigenvalue weighted by Gasteiger charge is -2.34. The van der Waals surface area contributed by atoms with Crippen molar-refractivity contribution in [1.82, 2.24) is 5.32 Å². The fourth-order valence-corrected chi connectivity index (χ4v) is 5.17. The number of benzene rings is 2. The van der Waals surface area contributed by atoms with Gasteiger partial charge in [-0.15, -0.1) is 0 Å². The Labute approximate surface area is 206 Å². The lowest BCUT2D eigenvalue weighted by Crippen LogP contribution is -2.35. The van der Waals surface area contributed by atoms with E-state index in [4.69, 9.17) is 14.2 Å². The number of dihydropyridines is 1. The number of ketones is 1. The molecule has 1 aliphatic carbocycles. The molecule has 6 heteroatoms. The number of para-hydroxylation sites is 1. The van der Waals surface area contributed by atoms with Crippen LogP contribution in [0, 0.1) is 0 Å². The third-order valence-corrected chi connectivity index (χ3v) is 6.89. The third-order valence-electron chi connectivity index (χ3n) is 6.89. The molecule has 2 heterocycles. The van der Waals surface area contributed by atoms with Gasteiger partial charge in [0.25, 0.3) is 0 Å². The fraction of sp³-hybridized carbons (Fsp3) is 0.379.